The lowest BCUT2D eigenvalue weighted by Crippen LogP contribution is -2.39. The van der Waals surface area contributed by atoms with Crippen LogP contribution in [0.1, 0.15) is 38.7 Å². The molecule has 1 aromatic rings. The van der Waals surface area contributed by atoms with Crippen molar-refractivity contribution in [2.45, 2.75) is 45.2 Å². The van der Waals surface area contributed by atoms with Crippen molar-refractivity contribution in [3.05, 3.63) is 23.8 Å². The van der Waals surface area contributed by atoms with Gasteiger partial charge in [-0.1, -0.05) is 6.07 Å². The number of hydrogen-bond acceptors (Lipinski definition) is 4. The van der Waals surface area contributed by atoms with Gasteiger partial charge in [0.05, 0.1) is 13.3 Å². The van der Waals surface area contributed by atoms with Crippen molar-refractivity contribution < 1.29 is 9.84 Å². The van der Waals surface area contributed by atoms with Crippen LogP contribution in [0.4, 0.5) is 0 Å². The number of para-hydroxylation sites is 1. The first-order valence-electron chi connectivity index (χ1n) is 6.81. The molecule has 0 bridgehead atoms. The summed E-state index contributed by atoms with van der Waals surface area (Å²) < 4.78 is 5.09. The van der Waals surface area contributed by atoms with E-state index in [0.717, 1.165) is 0 Å². The predicted molar refractivity (Wildman–Crippen MR) is 76.9 cm³/mol. The summed E-state index contributed by atoms with van der Waals surface area (Å²) in [6, 6.07) is 6.32. The van der Waals surface area contributed by atoms with Gasteiger partial charge in [-0.05, 0) is 45.2 Å². The minimum Gasteiger partial charge on any atom is -0.504 e. The van der Waals surface area contributed by atoms with Crippen LogP contribution in [0.3, 0.4) is 0 Å². The van der Waals surface area contributed by atoms with Gasteiger partial charge in [0.25, 0.3) is 0 Å². The summed E-state index contributed by atoms with van der Waals surface area (Å²) in [7, 11) is 1.55. The largest absolute Gasteiger partial charge is 0.504 e. The normalized spacial score (nSPS) is 23.8. The molecule has 1 N–H and O–H groups in total. The number of phenolic OH excluding ortho intramolecular Hbond substituents is 1. The number of ether oxygens (including phenoxy) is 1. The smallest absolute Gasteiger partial charge is 0.166 e. The van der Waals surface area contributed by atoms with Gasteiger partial charge in [-0.15, -0.1) is 0 Å². The Kier molecular flexibility index (Phi) is 4.30. The zero-order chi connectivity index (χ0) is 13.8. The molecule has 1 aromatic carbocycles. The summed E-state index contributed by atoms with van der Waals surface area (Å²) in [6.07, 6.45) is 5.33. The minimum atomic E-state index is 0.145. The Morgan fingerprint density at radius 1 is 1.32 bits per heavy atom. The summed E-state index contributed by atoms with van der Waals surface area (Å²) in [5, 5.41) is 16.7. The minimum absolute atomic E-state index is 0.145. The van der Waals surface area contributed by atoms with E-state index in [9.17, 15) is 5.11 Å². The van der Waals surface area contributed by atoms with Crippen LogP contribution in [0.15, 0.2) is 23.3 Å². The molecule has 2 atom stereocenters. The molecule has 4 heteroatoms. The van der Waals surface area contributed by atoms with Crippen molar-refractivity contribution in [1.29, 1.82) is 0 Å². The number of hydrazone groups is 1. The first-order chi connectivity index (χ1) is 9.13. The number of methoxy groups -OCH3 is 1. The van der Waals surface area contributed by atoms with E-state index >= 15 is 0 Å². The van der Waals surface area contributed by atoms with Crippen LogP contribution in [0, 0.1) is 0 Å². The fraction of sp³-hybridized carbons (Fsp3) is 0.533. The molecule has 4 nitrogen and oxygen atoms in total. The summed E-state index contributed by atoms with van der Waals surface area (Å²) >= 11 is 0. The standard InChI is InChI=1S/C15H22N2O2/c1-11-6-4-7-12(2)17(11)16-10-13-8-5-9-14(19-3)15(13)18/h5,8-12,18H,4,6-7H2,1-3H3. The Morgan fingerprint density at radius 3 is 2.63 bits per heavy atom. The summed E-state index contributed by atoms with van der Waals surface area (Å²) in [6.45, 7) is 4.39. The molecular formula is C15H22N2O2. The predicted octanol–water partition coefficient (Wildman–Crippen LogP) is 3.00. The lowest BCUT2D eigenvalue weighted by atomic mass is 10.00. The van der Waals surface area contributed by atoms with Crippen molar-refractivity contribution in [2.75, 3.05) is 7.11 Å². The van der Waals surface area contributed by atoms with Crippen LogP contribution in [0.2, 0.25) is 0 Å². The second kappa shape index (κ2) is 5.95. The molecule has 0 spiro atoms. The van der Waals surface area contributed by atoms with Gasteiger partial charge in [0.2, 0.25) is 0 Å². The number of piperidine rings is 1. The zero-order valence-corrected chi connectivity index (χ0v) is 11.8. The van der Waals surface area contributed by atoms with Gasteiger partial charge < -0.3 is 9.84 Å². The first-order valence-corrected chi connectivity index (χ1v) is 6.81. The van der Waals surface area contributed by atoms with Crippen LogP contribution in [0.5, 0.6) is 11.5 Å². The average molecular weight is 262 g/mol. The number of rotatable bonds is 3. The number of phenols is 1. The summed E-state index contributed by atoms with van der Waals surface area (Å²) in [5.74, 6) is 0.620. The Bertz CT molecular complexity index is 449. The monoisotopic (exact) mass is 262 g/mol. The maximum Gasteiger partial charge on any atom is 0.166 e. The van der Waals surface area contributed by atoms with Gasteiger partial charge in [0.15, 0.2) is 11.5 Å². The Labute approximate surface area is 114 Å². The molecule has 1 aliphatic heterocycles. The van der Waals surface area contributed by atoms with Crippen LogP contribution >= 0.6 is 0 Å². The first kappa shape index (κ1) is 13.7. The molecule has 0 radical (unpaired) electrons. The Morgan fingerprint density at radius 2 is 2.00 bits per heavy atom. The van der Waals surface area contributed by atoms with E-state index in [4.69, 9.17) is 4.74 Å². The van der Waals surface area contributed by atoms with Crippen LogP contribution in [-0.4, -0.2) is 35.5 Å². The molecule has 0 aromatic heterocycles. The topological polar surface area (TPSA) is 45.1 Å². The zero-order valence-electron chi connectivity index (χ0n) is 11.8. The van der Waals surface area contributed by atoms with Crippen LogP contribution < -0.4 is 4.74 Å². The van der Waals surface area contributed by atoms with Crippen LogP contribution in [-0.2, 0) is 0 Å². The molecule has 1 fully saturated rings. The number of benzene rings is 1. The summed E-state index contributed by atoms with van der Waals surface area (Å²) in [5.41, 5.74) is 0.685. The van der Waals surface area contributed by atoms with E-state index in [1.807, 2.05) is 12.1 Å². The molecule has 0 saturated carbocycles. The molecule has 1 aliphatic rings. The van der Waals surface area contributed by atoms with Gasteiger partial charge >= 0.3 is 0 Å². The highest BCUT2D eigenvalue weighted by atomic mass is 16.5. The third-order valence-corrected chi connectivity index (χ3v) is 3.73. The van der Waals surface area contributed by atoms with Crippen molar-refractivity contribution in [1.82, 2.24) is 5.01 Å². The molecule has 104 valence electrons. The summed E-state index contributed by atoms with van der Waals surface area (Å²) in [4.78, 5) is 0. The average Bonchev–Trinajstić information content (AvgIpc) is 2.40. The Balaban J connectivity index is 2.18. The fourth-order valence-corrected chi connectivity index (χ4v) is 2.57. The lowest BCUT2D eigenvalue weighted by Gasteiger charge is -2.36. The highest BCUT2D eigenvalue weighted by molar-refractivity contribution is 5.84. The SMILES string of the molecule is COc1cccc(C=NN2C(C)CCCC2C)c1O. The number of nitrogens with zero attached hydrogens (tertiary/aromatic N) is 2. The molecular weight excluding hydrogens is 240 g/mol. The molecule has 0 aliphatic carbocycles. The van der Waals surface area contributed by atoms with Gasteiger partial charge in [-0.3, -0.25) is 5.01 Å². The van der Waals surface area contributed by atoms with E-state index in [-0.39, 0.29) is 5.75 Å². The molecule has 1 heterocycles. The van der Waals surface area contributed by atoms with Crippen molar-refractivity contribution in [2.24, 2.45) is 5.10 Å². The second-order valence-corrected chi connectivity index (χ2v) is 5.15. The van der Waals surface area contributed by atoms with Crippen molar-refractivity contribution in [3.63, 3.8) is 0 Å². The maximum absolute atomic E-state index is 10.0. The fourth-order valence-electron chi connectivity index (χ4n) is 2.57. The number of hydrogen-bond donors (Lipinski definition) is 1. The van der Waals surface area contributed by atoms with Gasteiger partial charge in [-0.2, -0.15) is 5.10 Å². The van der Waals surface area contributed by atoms with Gasteiger partial charge in [0.1, 0.15) is 0 Å². The van der Waals surface area contributed by atoms with Gasteiger partial charge in [-0.25, -0.2) is 0 Å². The third-order valence-electron chi connectivity index (χ3n) is 3.73. The van der Waals surface area contributed by atoms with E-state index in [1.165, 1.54) is 19.3 Å². The van der Waals surface area contributed by atoms with Crippen molar-refractivity contribution in [3.8, 4) is 11.5 Å². The van der Waals surface area contributed by atoms with Crippen LogP contribution in [0.25, 0.3) is 0 Å². The highest BCUT2D eigenvalue weighted by Gasteiger charge is 2.22. The highest BCUT2D eigenvalue weighted by Crippen LogP contribution is 2.28. The van der Waals surface area contributed by atoms with E-state index in [1.54, 1.807) is 19.4 Å². The molecule has 2 unspecified atom stereocenters. The molecule has 2 rings (SSSR count). The van der Waals surface area contributed by atoms with E-state index in [0.29, 0.717) is 23.4 Å². The Hall–Kier alpha value is -1.71. The van der Waals surface area contributed by atoms with E-state index < -0.39 is 0 Å². The van der Waals surface area contributed by atoms with Crippen molar-refractivity contribution >= 4 is 6.21 Å². The third kappa shape index (κ3) is 3.00. The lowest BCUT2D eigenvalue weighted by molar-refractivity contribution is 0.109. The second-order valence-electron chi connectivity index (χ2n) is 5.15. The molecule has 1 saturated heterocycles. The molecule has 0 amide bonds. The van der Waals surface area contributed by atoms with Gasteiger partial charge in [0, 0.05) is 17.6 Å². The number of aromatic hydroxyl groups is 1. The maximum atomic E-state index is 10.0. The molecule has 19 heavy (non-hydrogen) atoms. The quantitative estimate of drug-likeness (QED) is 0.852. The van der Waals surface area contributed by atoms with E-state index in [2.05, 4.69) is 24.0 Å².